The van der Waals surface area contributed by atoms with Crippen molar-refractivity contribution in [3.63, 3.8) is 0 Å². The minimum Gasteiger partial charge on any atom is -0.385 e. The first kappa shape index (κ1) is 13.8. The molecule has 0 amide bonds. The lowest BCUT2D eigenvalue weighted by Gasteiger charge is -2.13. The fourth-order valence-electron chi connectivity index (χ4n) is 1.08. The van der Waals surface area contributed by atoms with Gasteiger partial charge >= 0.3 is 0 Å². The molecule has 0 saturated carbocycles. The second-order valence-corrected chi connectivity index (χ2v) is 5.28. The molecule has 0 heterocycles. The predicted octanol–water partition coefficient (Wildman–Crippen LogP) is 3.09. The van der Waals surface area contributed by atoms with Crippen molar-refractivity contribution in [2.24, 2.45) is 5.41 Å². The third kappa shape index (κ3) is 8.40. The van der Waals surface area contributed by atoms with Gasteiger partial charge in [-0.1, -0.05) is 0 Å². The molecule has 0 aromatic rings. The number of methoxy groups -OCH3 is 1. The van der Waals surface area contributed by atoms with Crippen LogP contribution in [0.15, 0.2) is 0 Å². The Morgan fingerprint density at radius 2 is 1.93 bits per heavy atom. The first-order chi connectivity index (χ1) is 6.62. The van der Waals surface area contributed by atoms with Crippen molar-refractivity contribution >= 4 is 11.8 Å². The van der Waals surface area contributed by atoms with Gasteiger partial charge in [0.25, 0.3) is 0 Å². The summed E-state index contributed by atoms with van der Waals surface area (Å²) in [6.07, 6.45) is 3.27. The number of hydrogen-bond acceptors (Lipinski definition) is 3. The Morgan fingerprint density at radius 1 is 1.29 bits per heavy atom. The minimum atomic E-state index is -0.146. The van der Waals surface area contributed by atoms with Gasteiger partial charge in [0.1, 0.15) is 0 Å². The molecule has 0 rings (SSSR count). The number of hydrogen-bond donors (Lipinski definition) is 0. The molecule has 0 unspecified atom stereocenters. The zero-order valence-corrected chi connectivity index (χ0v) is 10.3. The average molecular weight is 215 g/mol. The van der Waals surface area contributed by atoms with Gasteiger partial charge in [-0.05, 0) is 44.6 Å². The Bertz CT molecular complexity index is 175. The SMILES string of the molecule is COCCCSCCCC(C)(C)C#N. The van der Waals surface area contributed by atoms with Crippen molar-refractivity contribution in [1.29, 1.82) is 5.26 Å². The van der Waals surface area contributed by atoms with Crippen LogP contribution in [0.25, 0.3) is 0 Å². The molecular weight excluding hydrogens is 194 g/mol. The van der Waals surface area contributed by atoms with Crippen LogP contribution in [-0.4, -0.2) is 25.2 Å². The normalized spacial score (nSPS) is 11.3. The van der Waals surface area contributed by atoms with Gasteiger partial charge in [0, 0.05) is 13.7 Å². The lowest BCUT2D eigenvalue weighted by Crippen LogP contribution is -2.07. The molecule has 0 N–H and O–H groups in total. The smallest absolute Gasteiger partial charge is 0.0683 e. The molecule has 0 aliphatic rings. The standard InChI is InChI=1S/C11H21NOS/c1-11(2,10-12)6-4-8-14-9-5-7-13-3/h4-9H2,1-3H3. The van der Waals surface area contributed by atoms with E-state index in [1.165, 1.54) is 5.75 Å². The van der Waals surface area contributed by atoms with E-state index in [1.54, 1.807) is 7.11 Å². The molecule has 0 bridgehead atoms. The van der Waals surface area contributed by atoms with E-state index in [9.17, 15) is 0 Å². The summed E-state index contributed by atoms with van der Waals surface area (Å²) in [6.45, 7) is 4.86. The quantitative estimate of drug-likeness (QED) is 0.583. The van der Waals surface area contributed by atoms with E-state index in [0.29, 0.717) is 0 Å². The van der Waals surface area contributed by atoms with Gasteiger partial charge in [-0.15, -0.1) is 0 Å². The van der Waals surface area contributed by atoms with Crippen LogP contribution in [0, 0.1) is 16.7 Å². The monoisotopic (exact) mass is 215 g/mol. The molecule has 0 saturated heterocycles. The van der Waals surface area contributed by atoms with Crippen LogP contribution >= 0.6 is 11.8 Å². The summed E-state index contributed by atoms with van der Waals surface area (Å²) in [5.41, 5.74) is -0.146. The van der Waals surface area contributed by atoms with Crippen molar-refractivity contribution < 1.29 is 4.74 Å². The Balaban J connectivity index is 3.18. The van der Waals surface area contributed by atoms with Crippen LogP contribution < -0.4 is 0 Å². The summed E-state index contributed by atoms with van der Waals surface area (Å²) in [4.78, 5) is 0. The fourth-order valence-corrected chi connectivity index (χ4v) is 1.95. The summed E-state index contributed by atoms with van der Waals surface area (Å²) in [5.74, 6) is 2.33. The molecule has 0 fully saturated rings. The molecular formula is C11H21NOS. The number of rotatable bonds is 8. The predicted molar refractivity (Wildman–Crippen MR) is 62.4 cm³/mol. The van der Waals surface area contributed by atoms with Crippen molar-refractivity contribution in [2.45, 2.75) is 33.1 Å². The zero-order chi connectivity index (χ0) is 10.9. The summed E-state index contributed by atoms with van der Waals surface area (Å²) < 4.78 is 4.96. The van der Waals surface area contributed by atoms with Gasteiger partial charge in [-0.2, -0.15) is 17.0 Å². The summed E-state index contributed by atoms with van der Waals surface area (Å²) >= 11 is 1.95. The molecule has 0 aromatic heterocycles. The zero-order valence-electron chi connectivity index (χ0n) is 9.51. The van der Waals surface area contributed by atoms with E-state index < -0.39 is 0 Å². The van der Waals surface area contributed by atoms with Gasteiger partial charge < -0.3 is 4.74 Å². The third-order valence-electron chi connectivity index (χ3n) is 2.03. The van der Waals surface area contributed by atoms with Crippen molar-refractivity contribution in [3.05, 3.63) is 0 Å². The fraction of sp³-hybridized carbons (Fsp3) is 0.909. The number of thioether (sulfide) groups is 1. The van der Waals surface area contributed by atoms with Crippen LogP contribution in [0.3, 0.4) is 0 Å². The average Bonchev–Trinajstić information content (AvgIpc) is 2.16. The van der Waals surface area contributed by atoms with E-state index in [4.69, 9.17) is 10.00 Å². The molecule has 82 valence electrons. The second kappa shape index (κ2) is 8.14. The van der Waals surface area contributed by atoms with E-state index in [-0.39, 0.29) is 5.41 Å². The van der Waals surface area contributed by atoms with Crippen molar-refractivity contribution in [3.8, 4) is 6.07 Å². The Kier molecular flexibility index (Phi) is 8.02. The van der Waals surface area contributed by atoms with Crippen LogP contribution in [0.2, 0.25) is 0 Å². The molecule has 0 atom stereocenters. The van der Waals surface area contributed by atoms with E-state index in [2.05, 4.69) is 6.07 Å². The molecule has 0 aromatic carbocycles. The maximum Gasteiger partial charge on any atom is 0.0683 e. The highest BCUT2D eigenvalue weighted by Crippen LogP contribution is 2.22. The first-order valence-corrected chi connectivity index (χ1v) is 6.26. The molecule has 0 radical (unpaired) electrons. The topological polar surface area (TPSA) is 33.0 Å². The number of ether oxygens (including phenoxy) is 1. The molecule has 14 heavy (non-hydrogen) atoms. The summed E-state index contributed by atoms with van der Waals surface area (Å²) in [6, 6.07) is 2.32. The summed E-state index contributed by atoms with van der Waals surface area (Å²) in [7, 11) is 1.74. The Hall–Kier alpha value is -0.200. The number of nitrogens with zero attached hydrogens (tertiary/aromatic N) is 1. The first-order valence-electron chi connectivity index (χ1n) is 5.10. The Labute approximate surface area is 92.0 Å². The van der Waals surface area contributed by atoms with Crippen LogP contribution in [0.1, 0.15) is 33.1 Å². The largest absolute Gasteiger partial charge is 0.385 e. The molecule has 0 aliphatic carbocycles. The maximum atomic E-state index is 8.79. The molecule has 3 heteroatoms. The molecule has 0 aliphatic heterocycles. The minimum absolute atomic E-state index is 0.146. The van der Waals surface area contributed by atoms with E-state index in [0.717, 1.165) is 31.6 Å². The highest BCUT2D eigenvalue weighted by molar-refractivity contribution is 7.99. The van der Waals surface area contributed by atoms with Crippen LogP contribution in [0.4, 0.5) is 0 Å². The number of nitriles is 1. The lowest BCUT2D eigenvalue weighted by molar-refractivity contribution is 0.200. The highest BCUT2D eigenvalue weighted by Gasteiger charge is 2.15. The van der Waals surface area contributed by atoms with E-state index >= 15 is 0 Å². The molecule has 2 nitrogen and oxygen atoms in total. The lowest BCUT2D eigenvalue weighted by atomic mass is 9.90. The van der Waals surface area contributed by atoms with Crippen molar-refractivity contribution in [2.75, 3.05) is 25.2 Å². The van der Waals surface area contributed by atoms with Gasteiger partial charge in [0.05, 0.1) is 11.5 Å². The van der Waals surface area contributed by atoms with Gasteiger partial charge in [-0.25, -0.2) is 0 Å². The van der Waals surface area contributed by atoms with Crippen LogP contribution in [0.5, 0.6) is 0 Å². The van der Waals surface area contributed by atoms with Gasteiger partial charge in [0.2, 0.25) is 0 Å². The third-order valence-corrected chi connectivity index (χ3v) is 3.18. The van der Waals surface area contributed by atoms with Crippen LogP contribution in [-0.2, 0) is 4.74 Å². The molecule has 0 spiro atoms. The maximum absolute atomic E-state index is 8.79. The van der Waals surface area contributed by atoms with E-state index in [1.807, 2.05) is 25.6 Å². The van der Waals surface area contributed by atoms with Gasteiger partial charge in [-0.3, -0.25) is 0 Å². The Morgan fingerprint density at radius 3 is 2.50 bits per heavy atom. The van der Waals surface area contributed by atoms with Crippen molar-refractivity contribution in [1.82, 2.24) is 0 Å². The summed E-state index contributed by atoms with van der Waals surface area (Å²) in [5, 5.41) is 8.79. The van der Waals surface area contributed by atoms with Gasteiger partial charge in [0.15, 0.2) is 0 Å². The highest BCUT2D eigenvalue weighted by atomic mass is 32.2. The second-order valence-electron chi connectivity index (χ2n) is 4.06.